The van der Waals surface area contributed by atoms with Gasteiger partial charge in [-0.3, -0.25) is 14.5 Å². The standard InChI is InChI=1S/C34H52N6O6S/c1-5-6-18-39-32(43)30(31(42)26-10-8-7-9-11-26)35-33(44)34(39)16-19-38(20-17-34)23-29-24(2)36-40(25(29)3)27-12-14-28(15-13-27)47(45,46)37(4)21-22-41/h12-15,26,30-31,41-42H,5-11,16-23H2,1-4H3,(H,35,44)/t30-,31-/m1/s1. The second-order valence-corrected chi connectivity index (χ2v) is 15.6. The fourth-order valence-corrected chi connectivity index (χ4v) is 8.78. The van der Waals surface area contributed by atoms with Gasteiger partial charge in [-0.15, -0.1) is 0 Å². The molecule has 3 fully saturated rings. The second-order valence-electron chi connectivity index (χ2n) is 13.6. The fourth-order valence-electron chi connectivity index (χ4n) is 7.62. The van der Waals surface area contributed by atoms with E-state index in [1.807, 2.05) is 23.4 Å². The fraction of sp³-hybridized carbons (Fsp3) is 0.676. The highest BCUT2D eigenvalue weighted by Gasteiger charge is 2.55. The third kappa shape index (κ3) is 7.01. The SMILES string of the molecule is CCCCN1C(=O)[C@@H]([C@H](O)C2CCCCC2)NC(=O)C12CCN(Cc1c(C)nn(-c3ccc(S(=O)(=O)N(C)CCO)cc3)c1C)CC2. The molecule has 3 aliphatic rings. The molecule has 1 aromatic heterocycles. The van der Waals surface area contributed by atoms with Crippen LogP contribution in [-0.4, -0.2) is 112 Å². The van der Waals surface area contributed by atoms with E-state index in [9.17, 15) is 23.1 Å². The number of sulfonamides is 1. The van der Waals surface area contributed by atoms with E-state index in [2.05, 4.69) is 17.1 Å². The zero-order chi connectivity index (χ0) is 33.9. The van der Waals surface area contributed by atoms with Gasteiger partial charge in [-0.25, -0.2) is 13.1 Å². The van der Waals surface area contributed by atoms with Crippen LogP contribution in [-0.2, 0) is 26.2 Å². The molecule has 3 heterocycles. The second kappa shape index (κ2) is 14.7. The van der Waals surface area contributed by atoms with E-state index in [4.69, 9.17) is 10.2 Å². The van der Waals surface area contributed by atoms with Gasteiger partial charge in [0, 0.05) is 51.0 Å². The quantitative estimate of drug-likeness (QED) is 0.312. The van der Waals surface area contributed by atoms with Crippen molar-refractivity contribution in [2.45, 2.75) is 108 Å². The first-order chi connectivity index (χ1) is 22.4. The molecule has 47 heavy (non-hydrogen) atoms. The van der Waals surface area contributed by atoms with Gasteiger partial charge in [0.05, 0.1) is 29.0 Å². The minimum absolute atomic E-state index is 0.0182. The molecule has 0 bridgehead atoms. The van der Waals surface area contributed by atoms with Crippen molar-refractivity contribution in [3.05, 3.63) is 41.2 Å². The van der Waals surface area contributed by atoms with Gasteiger partial charge in [-0.1, -0.05) is 32.6 Å². The van der Waals surface area contributed by atoms with E-state index in [-0.39, 0.29) is 35.8 Å². The molecule has 12 nitrogen and oxygen atoms in total. The number of aliphatic hydroxyl groups is 2. The number of piperidine rings is 1. The smallest absolute Gasteiger partial charge is 0.248 e. The summed E-state index contributed by atoms with van der Waals surface area (Å²) in [4.78, 5) is 32.1. The summed E-state index contributed by atoms with van der Waals surface area (Å²) in [6.07, 6.45) is 6.93. The van der Waals surface area contributed by atoms with E-state index in [1.165, 1.54) is 7.05 Å². The topological polar surface area (TPSA) is 148 Å². The summed E-state index contributed by atoms with van der Waals surface area (Å²) in [5.74, 6) is -0.240. The number of hydrogen-bond donors (Lipinski definition) is 3. The number of aliphatic hydroxyl groups excluding tert-OH is 2. The molecule has 2 amide bonds. The number of aromatic nitrogens is 2. The van der Waals surface area contributed by atoms with Crippen molar-refractivity contribution in [1.29, 1.82) is 0 Å². The Hall–Kier alpha value is -2.84. The summed E-state index contributed by atoms with van der Waals surface area (Å²) < 4.78 is 28.5. The van der Waals surface area contributed by atoms with Crippen molar-refractivity contribution in [2.24, 2.45) is 5.92 Å². The molecular weight excluding hydrogens is 620 g/mol. The summed E-state index contributed by atoms with van der Waals surface area (Å²) in [6, 6.07) is 5.69. The average molecular weight is 673 g/mol. The normalized spacial score (nSPS) is 21.9. The minimum Gasteiger partial charge on any atom is -0.395 e. The van der Waals surface area contributed by atoms with E-state index < -0.39 is 27.7 Å². The maximum atomic E-state index is 14.0. The van der Waals surface area contributed by atoms with Crippen LogP contribution >= 0.6 is 0 Å². The number of carbonyl (C=O) groups is 2. The summed E-state index contributed by atoms with van der Waals surface area (Å²) in [5.41, 5.74) is 2.73. The molecule has 1 saturated carbocycles. The number of amides is 2. The Morgan fingerprint density at radius 1 is 1.09 bits per heavy atom. The predicted molar refractivity (Wildman–Crippen MR) is 178 cm³/mol. The molecule has 2 aromatic rings. The number of likely N-dealkylation sites (N-methyl/N-ethyl adjacent to an activating group) is 1. The summed E-state index contributed by atoms with van der Waals surface area (Å²) in [5, 5.41) is 28.2. The Morgan fingerprint density at radius 3 is 2.36 bits per heavy atom. The highest BCUT2D eigenvalue weighted by Crippen LogP contribution is 2.37. The lowest BCUT2D eigenvalue weighted by Crippen LogP contribution is -2.75. The lowest BCUT2D eigenvalue weighted by molar-refractivity contribution is -0.166. The summed E-state index contributed by atoms with van der Waals surface area (Å²) in [7, 11) is -2.26. The van der Waals surface area contributed by atoms with Crippen molar-refractivity contribution in [3.8, 4) is 5.69 Å². The zero-order valence-corrected chi connectivity index (χ0v) is 29.1. The molecule has 13 heteroatoms. The first-order valence-electron chi connectivity index (χ1n) is 17.2. The van der Waals surface area contributed by atoms with Gasteiger partial charge < -0.3 is 20.4 Å². The van der Waals surface area contributed by atoms with Gasteiger partial charge in [-0.05, 0) is 76.1 Å². The molecular formula is C34H52N6O6S. The molecule has 1 spiro atoms. The molecule has 0 unspecified atom stereocenters. The van der Waals surface area contributed by atoms with Crippen molar-refractivity contribution in [1.82, 2.24) is 29.2 Å². The Balaban J connectivity index is 1.28. The van der Waals surface area contributed by atoms with Crippen LogP contribution in [0.5, 0.6) is 0 Å². The van der Waals surface area contributed by atoms with E-state index in [0.717, 1.165) is 71.9 Å². The first kappa shape index (κ1) is 35.5. The molecule has 2 aliphatic heterocycles. The number of unbranched alkanes of at least 4 members (excludes halogenated alkanes) is 1. The molecule has 2 atom stereocenters. The van der Waals surface area contributed by atoms with E-state index in [1.54, 1.807) is 24.3 Å². The highest BCUT2D eigenvalue weighted by molar-refractivity contribution is 7.89. The van der Waals surface area contributed by atoms with Crippen LogP contribution in [0.2, 0.25) is 0 Å². The monoisotopic (exact) mass is 672 g/mol. The Labute approximate surface area is 279 Å². The third-order valence-corrected chi connectivity index (χ3v) is 12.5. The van der Waals surface area contributed by atoms with Crippen molar-refractivity contribution >= 4 is 21.8 Å². The number of hydrogen-bond acceptors (Lipinski definition) is 8. The lowest BCUT2D eigenvalue weighted by Gasteiger charge is -2.52. The van der Waals surface area contributed by atoms with Gasteiger partial charge >= 0.3 is 0 Å². The number of aryl methyl sites for hydroxylation is 1. The molecule has 5 rings (SSSR count). The Bertz CT molecular complexity index is 1510. The van der Waals surface area contributed by atoms with E-state index >= 15 is 0 Å². The van der Waals surface area contributed by atoms with Crippen molar-refractivity contribution in [3.63, 3.8) is 0 Å². The molecule has 3 N–H and O–H groups in total. The molecule has 1 aliphatic carbocycles. The van der Waals surface area contributed by atoms with E-state index in [0.29, 0.717) is 39.0 Å². The van der Waals surface area contributed by atoms with Crippen LogP contribution in [0.25, 0.3) is 5.69 Å². The number of likely N-dealkylation sites (tertiary alicyclic amines) is 1. The van der Waals surface area contributed by atoms with Crippen LogP contribution in [0, 0.1) is 19.8 Å². The summed E-state index contributed by atoms with van der Waals surface area (Å²) in [6.45, 7) is 8.23. The number of rotatable bonds is 12. The largest absolute Gasteiger partial charge is 0.395 e. The zero-order valence-electron chi connectivity index (χ0n) is 28.3. The van der Waals surface area contributed by atoms with Crippen LogP contribution in [0.1, 0.15) is 81.7 Å². The average Bonchev–Trinajstić information content (AvgIpc) is 3.36. The van der Waals surface area contributed by atoms with Gasteiger partial charge in [0.25, 0.3) is 0 Å². The Morgan fingerprint density at radius 2 is 1.74 bits per heavy atom. The minimum atomic E-state index is -3.70. The van der Waals surface area contributed by atoms with Crippen LogP contribution < -0.4 is 5.32 Å². The van der Waals surface area contributed by atoms with Gasteiger partial charge in [0.2, 0.25) is 21.8 Å². The summed E-state index contributed by atoms with van der Waals surface area (Å²) >= 11 is 0. The predicted octanol–water partition coefficient (Wildman–Crippen LogP) is 2.50. The molecule has 2 saturated heterocycles. The Kier molecular flexibility index (Phi) is 11.1. The maximum Gasteiger partial charge on any atom is 0.248 e. The first-order valence-corrected chi connectivity index (χ1v) is 18.6. The van der Waals surface area contributed by atoms with Crippen molar-refractivity contribution < 1.29 is 28.2 Å². The van der Waals surface area contributed by atoms with Crippen LogP contribution in [0.15, 0.2) is 29.2 Å². The highest BCUT2D eigenvalue weighted by atomic mass is 32.2. The molecule has 260 valence electrons. The van der Waals surface area contributed by atoms with Crippen molar-refractivity contribution in [2.75, 3.05) is 39.8 Å². The number of carbonyl (C=O) groups excluding carboxylic acids is 2. The molecule has 1 aromatic carbocycles. The van der Waals surface area contributed by atoms with Crippen LogP contribution in [0.4, 0.5) is 0 Å². The van der Waals surface area contributed by atoms with Gasteiger partial charge in [0.1, 0.15) is 11.6 Å². The van der Waals surface area contributed by atoms with Crippen LogP contribution in [0.3, 0.4) is 0 Å². The maximum absolute atomic E-state index is 14.0. The van der Waals surface area contributed by atoms with Gasteiger partial charge in [0.15, 0.2) is 0 Å². The number of nitrogens with one attached hydrogen (secondary N) is 1. The third-order valence-electron chi connectivity index (χ3n) is 10.7. The number of nitrogens with zero attached hydrogens (tertiary/aromatic N) is 5. The lowest BCUT2D eigenvalue weighted by atomic mass is 9.78. The number of piperazine rings is 1. The number of benzene rings is 1. The van der Waals surface area contributed by atoms with Gasteiger partial charge in [-0.2, -0.15) is 9.40 Å². The molecule has 0 radical (unpaired) electrons.